The molecule has 0 saturated carbocycles. The molecular formula is C72H47NO. The van der Waals surface area contributed by atoms with Crippen LogP contribution in [0.15, 0.2) is 290 Å². The van der Waals surface area contributed by atoms with Crippen molar-refractivity contribution in [2.75, 3.05) is 4.90 Å². The van der Waals surface area contributed by atoms with Crippen molar-refractivity contribution in [1.82, 2.24) is 0 Å². The average Bonchev–Trinajstić information content (AvgIpc) is 3.88. The fourth-order valence-corrected chi connectivity index (χ4v) is 11.2. The lowest BCUT2D eigenvalue weighted by Gasteiger charge is -2.26. The molecule has 2 heteroatoms. The molecule has 2 nitrogen and oxygen atoms in total. The van der Waals surface area contributed by atoms with Crippen LogP contribution in [0.1, 0.15) is 0 Å². The van der Waals surface area contributed by atoms with Crippen LogP contribution in [-0.4, -0.2) is 0 Å². The number of hydrogen-bond donors (Lipinski definition) is 0. The Morgan fingerprint density at radius 3 is 1.30 bits per heavy atom. The minimum atomic E-state index is 0.899. The van der Waals surface area contributed by atoms with Crippen molar-refractivity contribution in [2.24, 2.45) is 0 Å². The molecule has 1 aromatic heterocycles. The van der Waals surface area contributed by atoms with Gasteiger partial charge in [-0.2, -0.15) is 0 Å². The van der Waals surface area contributed by atoms with Gasteiger partial charge in [0.1, 0.15) is 11.2 Å². The standard InChI is InChI=1S/C72H47NO/c1-3-15-54(16-4-1)70-66-22-10-9-20-63(66)64-45-38-58(47-68(64)71(70)55-17-5-2-6-18-55)52-34-41-60(42-35-52)73(61-43-36-53(37-44-61)62-23-13-24-67-65-21-11-12-25-69(65)74-72(62)67)59-39-32-50(33-40-59)49-26-28-51(29-27-49)57-31-30-48-14-7-8-19-56(48)46-57/h1-47H. The number of furan rings is 1. The van der Waals surface area contributed by atoms with E-state index in [1.165, 1.54) is 76.8 Å². The molecule has 0 spiro atoms. The quantitative estimate of drug-likeness (QED) is 0.134. The van der Waals surface area contributed by atoms with E-state index in [0.29, 0.717) is 0 Å². The molecule has 0 saturated heterocycles. The van der Waals surface area contributed by atoms with Crippen molar-refractivity contribution in [1.29, 1.82) is 0 Å². The average molecular weight is 942 g/mol. The van der Waals surface area contributed by atoms with Gasteiger partial charge >= 0.3 is 0 Å². The van der Waals surface area contributed by atoms with Crippen LogP contribution in [-0.2, 0) is 0 Å². The summed E-state index contributed by atoms with van der Waals surface area (Å²) >= 11 is 0. The van der Waals surface area contributed by atoms with Crippen molar-refractivity contribution in [3.05, 3.63) is 285 Å². The zero-order valence-electron chi connectivity index (χ0n) is 40.5. The molecular weight excluding hydrogens is 895 g/mol. The van der Waals surface area contributed by atoms with Crippen LogP contribution < -0.4 is 4.90 Å². The fourth-order valence-electron chi connectivity index (χ4n) is 11.2. The molecule has 0 bridgehead atoms. The van der Waals surface area contributed by atoms with Gasteiger partial charge in [0.2, 0.25) is 0 Å². The number of benzene rings is 13. The normalized spacial score (nSPS) is 11.5. The summed E-state index contributed by atoms with van der Waals surface area (Å²) in [5.41, 5.74) is 19.2. The Balaban J connectivity index is 0.850. The summed E-state index contributed by atoms with van der Waals surface area (Å²) in [7, 11) is 0. The Kier molecular flexibility index (Phi) is 10.6. The molecule has 14 rings (SSSR count). The van der Waals surface area contributed by atoms with Gasteiger partial charge in [0.05, 0.1) is 0 Å². The number of fused-ring (bicyclic) bond motifs is 7. The Morgan fingerprint density at radius 1 is 0.230 bits per heavy atom. The number of nitrogens with zero attached hydrogens (tertiary/aromatic N) is 1. The molecule has 0 radical (unpaired) electrons. The second-order valence-electron chi connectivity index (χ2n) is 19.2. The molecule has 0 amide bonds. The van der Waals surface area contributed by atoms with Crippen LogP contribution in [0.25, 0.3) is 121 Å². The van der Waals surface area contributed by atoms with Gasteiger partial charge in [0.15, 0.2) is 0 Å². The lowest BCUT2D eigenvalue weighted by Crippen LogP contribution is -2.09. The number of anilines is 3. The van der Waals surface area contributed by atoms with Gasteiger partial charge in [-0.25, -0.2) is 0 Å². The molecule has 0 aliphatic carbocycles. The zero-order chi connectivity index (χ0) is 49.0. The lowest BCUT2D eigenvalue weighted by molar-refractivity contribution is 0.670. The molecule has 346 valence electrons. The van der Waals surface area contributed by atoms with Gasteiger partial charge < -0.3 is 9.32 Å². The van der Waals surface area contributed by atoms with Gasteiger partial charge in [-0.3, -0.25) is 0 Å². The van der Waals surface area contributed by atoms with Gasteiger partial charge in [-0.05, 0) is 148 Å². The predicted molar refractivity (Wildman–Crippen MR) is 314 cm³/mol. The van der Waals surface area contributed by atoms with Crippen LogP contribution in [0.3, 0.4) is 0 Å². The predicted octanol–water partition coefficient (Wildman–Crippen LogP) is 20.5. The highest BCUT2D eigenvalue weighted by atomic mass is 16.3. The second-order valence-corrected chi connectivity index (χ2v) is 19.2. The first-order valence-electron chi connectivity index (χ1n) is 25.4. The van der Waals surface area contributed by atoms with Gasteiger partial charge in [0.25, 0.3) is 0 Å². The number of hydrogen-bond acceptors (Lipinski definition) is 2. The third-order valence-electron chi connectivity index (χ3n) is 14.9. The first-order chi connectivity index (χ1) is 36.7. The highest BCUT2D eigenvalue weighted by Crippen LogP contribution is 2.46. The highest BCUT2D eigenvalue weighted by molar-refractivity contribution is 6.22. The van der Waals surface area contributed by atoms with E-state index in [4.69, 9.17) is 4.42 Å². The largest absolute Gasteiger partial charge is 0.455 e. The number of para-hydroxylation sites is 2. The summed E-state index contributed by atoms with van der Waals surface area (Å²) < 4.78 is 6.48. The summed E-state index contributed by atoms with van der Waals surface area (Å²) in [6, 6.07) is 103. The van der Waals surface area contributed by atoms with Crippen LogP contribution in [0.4, 0.5) is 17.1 Å². The summed E-state index contributed by atoms with van der Waals surface area (Å²) in [4.78, 5) is 2.36. The molecule has 0 fully saturated rings. The van der Waals surface area contributed by atoms with Crippen molar-refractivity contribution in [3.8, 4) is 66.8 Å². The maximum Gasteiger partial charge on any atom is 0.143 e. The zero-order valence-corrected chi connectivity index (χ0v) is 40.5. The molecule has 0 aliphatic heterocycles. The van der Waals surface area contributed by atoms with Gasteiger partial charge in [0, 0.05) is 33.4 Å². The highest BCUT2D eigenvalue weighted by Gasteiger charge is 2.20. The molecule has 0 unspecified atom stereocenters. The smallest absolute Gasteiger partial charge is 0.143 e. The minimum absolute atomic E-state index is 0.899. The topological polar surface area (TPSA) is 16.4 Å². The molecule has 13 aromatic carbocycles. The van der Waals surface area contributed by atoms with Gasteiger partial charge in [-0.1, -0.05) is 231 Å². The van der Waals surface area contributed by atoms with E-state index in [2.05, 4.69) is 278 Å². The molecule has 0 atom stereocenters. The van der Waals surface area contributed by atoms with E-state index in [0.717, 1.165) is 61.3 Å². The van der Waals surface area contributed by atoms with E-state index < -0.39 is 0 Å². The fraction of sp³-hybridized carbons (Fsp3) is 0. The Morgan fingerprint density at radius 2 is 0.662 bits per heavy atom. The van der Waals surface area contributed by atoms with Crippen LogP contribution in [0, 0.1) is 0 Å². The maximum absolute atomic E-state index is 6.48. The van der Waals surface area contributed by atoms with E-state index in [1.807, 2.05) is 12.1 Å². The van der Waals surface area contributed by atoms with E-state index in [9.17, 15) is 0 Å². The van der Waals surface area contributed by atoms with Gasteiger partial charge in [-0.15, -0.1) is 0 Å². The lowest BCUT2D eigenvalue weighted by atomic mass is 9.84. The SMILES string of the molecule is c1ccc(-c2c(-c3ccccc3)c3cc(-c4ccc(N(c5ccc(-c6ccc(-c7ccc8ccccc8c7)cc6)cc5)c5ccc(-c6cccc7c6oc6ccccc67)cc5)cc4)ccc3c3ccccc23)cc1. The molecule has 1 heterocycles. The third kappa shape index (κ3) is 7.60. The monoisotopic (exact) mass is 941 g/mol. The second kappa shape index (κ2) is 18.1. The minimum Gasteiger partial charge on any atom is -0.455 e. The summed E-state index contributed by atoms with van der Waals surface area (Å²) in [5, 5.41) is 9.75. The third-order valence-corrected chi connectivity index (χ3v) is 14.9. The molecule has 0 aliphatic rings. The Hall–Kier alpha value is -9.76. The van der Waals surface area contributed by atoms with Crippen molar-refractivity contribution in [3.63, 3.8) is 0 Å². The van der Waals surface area contributed by atoms with E-state index in [-0.39, 0.29) is 0 Å². The van der Waals surface area contributed by atoms with Crippen LogP contribution in [0.5, 0.6) is 0 Å². The molecule has 0 N–H and O–H groups in total. The first kappa shape index (κ1) is 43.1. The van der Waals surface area contributed by atoms with E-state index in [1.54, 1.807) is 0 Å². The van der Waals surface area contributed by atoms with E-state index >= 15 is 0 Å². The van der Waals surface area contributed by atoms with Crippen LogP contribution in [0.2, 0.25) is 0 Å². The molecule has 74 heavy (non-hydrogen) atoms. The maximum atomic E-state index is 6.48. The van der Waals surface area contributed by atoms with Crippen LogP contribution >= 0.6 is 0 Å². The first-order valence-corrected chi connectivity index (χ1v) is 25.4. The summed E-state index contributed by atoms with van der Waals surface area (Å²) in [6.07, 6.45) is 0. The Bertz CT molecular complexity index is 4370. The molecule has 14 aromatic rings. The summed E-state index contributed by atoms with van der Waals surface area (Å²) in [5.74, 6) is 0. The van der Waals surface area contributed by atoms with Crippen molar-refractivity contribution >= 4 is 71.3 Å². The summed E-state index contributed by atoms with van der Waals surface area (Å²) in [6.45, 7) is 0. The number of rotatable bonds is 9. The van der Waals surface area contributed by atoms with Crippen molar-refractivity contribution < 1.29 is 4.42 Å². The Labute approximate surface area is 430 Å². The van der Waals surface area contributed by atoms with Crippen molar-refractivity contribution in [2.45, 2.75) is 0 Å².